The summed E-state index contributed by atoms with van der Waals surface area (Å²) in [5, 5.41) is 0. The molecule has 1 aromatic carbocycles. The molecule has 0 saturated carbocycles. The molecule has 0 bridgehead atoms. The Morgan fingerprint density at radius 1 is 1.43 bits per heavy atom. The van der Waals surface area contributed by atoms with E-state index < -0.39 is 0 Å². The summed E-state index contributed by atoms with van der Waals surface area (Å²) in [5.74, 6) is -0.318. The number of rotatable bonds is 9. The Hall–Kier alpha value is -1.65. The van der Waals surface area contributed by atoms with Gasteiger partial charge in [0.05, 0.1) is 25.9 Å². The first-order chi connectivity index (χ1) is 11.2. The van der Waals surface area contributed by atoms with Gasteiger partial charge in [-0.1, -0.05) is 31.5 Å². The van der Waals surface area contributed by atoms with E-state index in [2.05, 4.69) is 13.0 Å². The Labute approximate surface area is 138 Å². The van der Waals surface area contributed by atoms with E-state index >= 15 is 0 Å². The van der Waals surface area contributed by atoms with Crippen molar-refractivity contribution in [2.45, 2.75) is 45.8 Å². The zero-order valence-electron chi connectivity index (χ0n) is 14.2. The lowest BCUT2D eigenvalue weighted by atomic mass is 9.95. The maximum Gasteiger partial charge on any atom is 0.330 e. The van der Waals surface area contributed by atoms with Crippen molar-refractivity contribution >= 4 is 12.0 Å². The molecule has 4 nitrogen and oxygen atoms in total. The van der Waals surface area contributed by atoms with E-state index in [-0.39, 0.29) is 18.2 Å². The number of benzene rings is 1. The molecule has 0 N–H and O–H groups in total. The lowest BCUT2D eigenvalue weighted by molar-refractivity contribution is -0.137. The molecule has 0 spiro atoms. The molecule has 1 fully saturated rings. The second-order valence-corrected chi connectivity index (χ2v) is 5.73. The monoisotopic (exact) mass is 318 g/mol. The summed E-state index contributed by atoms with van der Waals surface area (Å²) in [6.45, 7) is 7.79. The SMILES string of the molecule is CCC[C@@H](OC[C@H]1CO1)c1cccc(C)c1C=CC(=O)OCC. The molecule has 4 heteroatoms. The van der Waals surface area contributed by atoms with Crippen molar-refractivity contribution in [3.63, 3.8) is 0 Å². The smallest absolute Gasteiger partial charge is 0.330 e. The molecule has 1 saturated heterocycles. The molecule has 0 unspecified atom stereocenters. The van der Waals surface area contributed by atoms with Crippen LogP contribution >= 0.6 is 0 Å². The second kappa shape index (κ2) is 8.85. The van der Waals surface area contributed by atoms with Gasteiger partial charge in [0.25, 0.3) is 0 Å². The number of ether oxygens (including phenoxy) is 3. The van der Waals surface area contributed by atoms with E-state index in [1.165, 1.54) is 6.08 Å². The maximum absolute atomic E-state index is 11.6. The molecule has 126 valence electrons. The molecular weight excluding hydrogens is 292 g/mol. The highest BCUT2D eigenvalue weighted by molar-refractivity contribution is 5.87. The third-order valence-electron chi connectivity index (χ3n) is 3.81. The minimum atomic E-state index is -0.318. The van der Waals surface area contributed by atoms with Crippen LogP contribution in [0.4, 0.5) is 0 Å². The van der Waals surface area contributed by atoms with Crippen molar-refractivity contribution < 1.29 is 19.0 Å². The van der Waals surface area contributed by atoms with Crippen molar-refractivity contribution in [1.29, 1.82) is 0 Å². The fraction of sp³-hybridized carbons (Fsp3) is 0.526. The molecule has 0 aromatic heterocycles. The summed E-state index contributed by atoms with van der Waals surface area (Å²) in [4.78, 5) is 11.6. The molecule has 0 aliphatic carbocycles. The van der Waals surface area contributed by atoms with Gasteiger partial charge in [-0.25, -0.2) is 4.79 Å². The first-order valence-corrected chi connectivity index (χ1v) is 8.33. The Morgan fingerprint density at radius 3 is 2.87 bits per heavy atom. The Kier molecular flexibility index (Phi) is 6.81. The molecule has 1 aliphatic rings. The van der Waals surface area contributed by atoms with Gasteiger partial charge in [-0.2, -0.15) is 0 Å². The highest BCUT2D eigenvalue weighted by atomic mass is 16.6. The third kappa shape index (κ3) is 5.48. The lowest BCUT2D eigenvalue weighted by Gasteiger charge is -2.20. The first-order valence-electron chi connectivity index (χ1n) is 8.33. The molecule has 1 aromatic rings. The van der Waals surface area contributed by atoms with Gasteiger partial charge in [0.1, 0.15) is 6.10 Å². The maximum atomic E-state index is 11.6. The molecular formula is C19H26O4. The van der Waals surface area contributed by atoms with Gasteiger partial charge in [0.2, 0.25) is 0 Å². The first kappa shape index (κ1) is 17.7. The highest BCUT2D eigenvalue weighted by Crippen LogP contribution is 2.30. The summed E-state index contributed by atoms with van der Waals surface area (Å²) >= 11 is 0. The van der Waals surface area contributed by atoms with Crippen molar-refractivity contribution in [1.82, 2.24) is 0 Å². The van der Waals surface area contributed by atoms with Crippen LogP contribution in [0.5, 0.6) is 0 Å². The van der Waals surface area contributed by atoms with Gasteiger partial charge in [-0.3, -0.25) is 0 Å². The Morgan fingerprint density at radius 2 is 2.22 bits per heavy atom. The largest absolute Gasteiger partial charge is 0.463 e. The molecule has 23 heavy (non-hydrogen) atoms. The molecule has 1 aliphatic heterocycles. The Balaban J connectivity index is 2.20. The fourth-order valence-corrected chi connectivity index (χ4v) is 2.53. The second-order valence-electron chi connectivity index (χ2n) is 5.73. The predicted molar refractivity (Wildman–Crippen MR) is 90.2 cm³/mol. The quantitative estimate of drug-likeness (QED) is 0.394. The van der Waals surface area contributed by atoms with Crippen LogP contribution in [-0.4, -0.2) is 31.9 Å². The number of carbonyl (C=O) groups excluding carboxylic acids is 1. The summed E-state index contributed by atoms with van der Waals surface area (Å²) in [6, 6.07) is 6.15. The van der Waals surface area contributed by atoms with E-state index in [0.29, 0.717) is 13.2 Å². The zero-order chi connectivity index (χ0) is 16.7. The minimum absolute atomic E-state index is 0.0194. The van der Waals surface area contributed by atoms with Crippen LogP contribution in [0.1, 0.15) is 49.5 Å². The lowest BCUT2D eigenvalue weighted by Crippen LogP contribution is -2.11. The van der Waals surface area contributed by atoms with E-state index in [0.717, 1.165) is 36.1 Å². The van der Waals surface area contributed by atoms with E-state index in [9.17, 15) is 4.79 Å². The predicted octanol–water partition coefficient (Wildman–Crippen LogP) is 3.83. The number of hydrogen-bond donors (Lipinski definition) is 0. The van der Waals surface area contributed by atoms with E-state index in [1.54, 1.807) is 6.92 Å². The van der Waals surface area contributed by atoms with Crippen LogP contribution in [0.3, 0.4) is 0 Å². The van der Waals surface area contributed by atoms with Gasteiger partial charge in [-0.05, 0) is 43.0 Å². The van der Waals surface area contributed by atoms with Crippen LogP contribution in [0, 0.1) is 6.92 Å². The van der Waals surface area contributed by atoms with Crippen LogP contribution < -0.4 is 0 Å². The van der Waals surface area contributed by atoms with E-state index in [4.69, 9.17) is 14.2 Å². The molecule has 1 heterocycles. The van der Waals surface area contributed by atoms with Gasteiger partial charge >= 0.3 is 5.97 Å². The molecule has 2 atom stereocenters. The zero-order valence-corrected chi connectivity index (χ0v) is 14.2. The Bertz CT molecular complexity index is 546. The standard InChI is InChI=1S/C19H26O4/c1-4-7-18(23-13-15-12-22-15)17-9-6-8-14(3)16(17)10-11-19(20)21-5-2/h6,8-11,15,18H,4-5,7,12-13H2,1-3H3/t15-,18-/m1/s1. The molecule has 0 radical (unpaired) electrons. The highest BCUT2D eigenvalue weighted by Gasteiger charge is 2.25. The number of esters is 1. The van der Waals surface area contributed by atoms with Gasteiger partial charge in [0, 0.05) is 6.08 Å². The molecule has 2 rings (SSSR count). The minimum Gasteiger partial charge on any atom is -0.463 e. The van der Waals surface area contributed by atoms with Crippen LogP contribution in [0.25, 0.3) is 6.08 Å². The summed E-state index contributed by atoms with van der Waals surface area (Å²) in [6.07, 6.45) is 5.57. The van der Waals surface area contributed by atoms with Gasteiger partial charge in [-0.15, -0.1) is 0 Å². The van der Waals surface area contributed by atoms with Crippen LogP contribution in [-0.2, 0) is 19.0 Å². The van der Waals surface area contributed by atoms with E-state index in [1.807, 2.05) is 25.1 Å². The molecule has 0 amide bonds. The third-order valence-corrected chi connectivity index (χ3v) is 3.81. The number of hydrogen-bond acceptors (Lipinski definition) is 4. The number of epoxide rings is 1. The van der Waals surface area contributed by atoms with Crippen LogP contribution in [0.15, 0.2) is 24.3 Å². The average molecular weight is 318 g/mol. The van der Waals surface area contributed by atoms with Crippen LogP contribution in [0.2, 0.25) is 0 Å². The van der Waals surface area contributed by atoms with Crippen molar-refractivity contribution in [3.8, 4) is 0 Å². The van der Waals surface area contributed by atoms with Crippen molar-refractivity contribution in [2.24, 2.45) is 0 Å². The number of carbonyl (C=O) groups is 1. The fourth-order valence-electron chi connectivity index (χ4n) is 2.53. The van der Waals surface area contributed by atoms with Crippen molar-refractivity contribution in [2.75, 3.05) is 19.8 Å². The summed E-state index contributed by atoms with van der Waals surface area (Å²) < 4.78 is 16.3. The summed E-state index contributed by atoms with van der Waals surface area (Å²) in [5.41, 5.74) is 3.28. The van der Waals surface area contributed by atoms with Gasteiger partial charge in [0.15, 0.2) is 0 Å². The topological polar surface area (TPSA) is 48.1 Å². The average Bonchev–Trinajstić information content (AvgIpc) is 3.34. The van der Waals surface area contributed by atoms with Gasteiger partial charge < -0.3 is 14.2 Å². The summed E-state index contributed by atoms with van der Waals surface area (Å²) in [7, 11) is 0. The number of aryl methyl sites for hydroxylation is 1. The normalized spacial score (nSPS) is 18.1. The van der Waals surface area contributed by atoms with Crippen molar-refractivity contribution in [3.05, 3.63) is 41.0 Å².